The van der Waals surface area contributed by atoms with Crippen molar-refractivity contribution >= 4 is 23.4 Å². The lowest BCUT2D eigenvalue weighted by Crippen LogP contribution is -2.22. The summed E-state index contributed by atoms with van der Waals surface area (Å²) < 4.78 is 11.3. The molecule has 1 aromatic heterocycles. The molecule has 7 heteroatoms. The van der Waals surface area contributed by atoms with Crippen molar-refractivity contribution in [2.45, 2.75) is 37.7 Å². The normalized spacial score (nSPS) is 11.8. The fourth-order valence-electron chi connectivity index (χ4n) is 2.56. The standard InChI is InChI=1S/C21H23N3O3S/c1-4-15-10-12-16(13-11-15)22-19(25)14(3)28-21-24-23-20(27-21)17-8-6-7-9-18(17)26-5-2/h6-14H,4-5H2,1-3H3,(H,22,25). The maximum absolute atomic E-state index is 12.4. The van der Waals surface area contributed by atoms with Gasteiger partial charge in [-0.15, -0.1) is 10.2 Å². The quantitative estimate of drug-likeness (QED) is 0.549. The number of aromatic nitrogens is 2. The van der Waals surface area contributed by atoms with Crippen LogP contribution < -0.4 is 10.1 Å². The number of ether oxygens (including phenoxy) is 1. The molecule has 0 radical (unpaired) electrons. The number of nitrogens with zero attached hydrogens (tertiary/aromatic N) is 2. The maximum atomic E-state index is 12.4. The van der Waals surface area contributed by atoms with Crippen molar-refractivity contribution in [2.75, 3.05) is 11.9 Å². The van der Waals surface area contributed by atoms with Crippen LogP contribution in [0.15, 0.2) is 58.2 Å². The molecule has 1 atom stereocenters. The number of rotatable bonds is 8. The van der Waals surface area contributed by atoms with Gasteiger partial charge in [0.15, 0.2) is 0 Å². The number of nitrogens with one attached hydrogen (secondary N) is 1. The minimum Gasteiger partial charge on any atom is -0.493 e. The van der Waals surface area contributed by atoms with Gasteiger partial charge in [-0.3, -0.25) is 4.79 Å². The summed E-state index contributed by atoms with van der Waals surface area (Å²) in [7, 11) is 0. The van der Waals surface area contributed by atoms with Gasteiger partial charge >= 0.3 is 0 Å². The van der Waals surface area contributed by atoms with E-state index >= 15 is 0 Å². The number of carbonyl (C=O) groups is 1. The lowest BCUT2D eigenvalue weighted by atomic mass is 10.1. The number of thioether (sulfide) groups is 1. The second-order valence-electron chi connectivity index (χ2n) is 6.10. The highest BCUT2D eigenvalue weighted by Gasteiger charge is 2.20. The zero-order valence-electron chi connectivity index (χ0n) is 16.1. The number of hydrogen-bond acceptors (Lipinski definition) is 6. The van der Waals surface area contributed by atoms with E-state index in [0.717, 1.165) is 17.7 Å². The Hall–Kier alpha value is -2.80. The molecule has 0 spiro atoms. The summed E-state index contributed by atoms with van der Waals surface area (Å²) in [4.78, 5) is 12.4. The fourth-order valence-corrected chi connectivity index (χ4v) is 3.25. The molecule has 0 saturated heterocycles. The third-order valence-corrected chi connectivity index (χ3v) is 5.03. The Labute approximate surface area is 168 Å². The van der Waals surface area contributed by atoms with Gasteiger partial charge in [0.1, 0.15) is 5.75 Å². The molecule has 28 heavy (non-hydrogen) atoms. The first-order chi connectivity index (χ1) is 13.6. The predicted octanol–water partition coefficient (Wildman–Crippen LogP) is 4.82. The lowest BCUT2D eigenvalue weighted by Gasteiger charge is -2.10. The Morgan fingerprint density at radius 2 is 1.89 bits per heavy atom. The smallest absolute Gasteiger partial charge is 0.277 e. The van der Waals surface area contributed by atoms with Gasteiger partial charge in [0, 0.05) is 5.69 Å². The summed E-state index contributed by atoms with van der Waals surface area (Å²) in [5, 5.41) is 11.0. The third-order valence-electron chi connectivity index (χ3n) is 4.10. The van der Waals surface area contributed by atoms with E-state index in [1.165, 1.54) is 17.3 Å². The molecule has 1 heterocycles. The van der Waals surface area contributed by atoms with Crippen molar-refractivity contribution in [2.24, 2.45) is 0 Å². The van der Waals surface area contributed by atoms with Crippen molar-refractivity contribution in [1.29, 1.82) is 0 Å². The van der Waals surface area contributed by atoms with Gasteiger partial charge in [-0.05, 0) is 50.1 Å². The second kappa shape index (κ2) is 9.41. The van der Waals surface area contributed by atoms with E-state index in [-0.39, 0.29) is 11.2 Å². The maximum Gasteiger partial charge on any atom is 0.277 e. The fraction of sp³-hybridized carbons (Fsp3) is 0.286. The van der Waals surface area contributed by atoms with Crippen LogP contribution in [0.4, 0.5) is 5.69 Å². The van der Waals surface area contributed by atoms with Gasteiger partial charge in [-0.25, -0.2) is 0 Å². The zero-order valence-corrected chi connectivity index (χ0v) is 17.0. The summed E-state index contributed by atoms with van der Waals surface area (Å²) in [5.41, 5.74) is 2.73. The van der Waals surface area contributed by atoms with Crippen molar-refractivity contribution in [1.82, 2.24) is 10.2 Å². The minimum absolute atomic E-state index is 0.122. The number of amides is 1. The molecule has 146 valence electrons. The van der Waals surface area contributed by atoms with Crippen LogP contribution in [0, 0.1) is 0 Å². The average Bonchev–Trinajstić information content (AvgIpc) is 3.17. The summed E-state index contributed by atoms with van der Waals surface area (Å²) in [6.45, 7) is 6.36. The van der Waals surface area contributed by atoms with Crippen molar-refractivity contribution in [3.63, 3.8) is 0 Å². The Morgan fingerprint density at radius 1 is 1.14 bits per heavy atom. The molecule has 0 saturated carbocycles. The van der Waals surface area contributed by atoms with Gasteiger partial charge < -0.3 is 14.5 Å². The average molecular weight is 398 g/mol. The number of hydrogen-bond donors (Lipinski definition) is 1. The SMILES string of the molecule is CCOc1ccccc1-c1nnc(SC(C)C(=O)Nc2ccc(CC)cc2)o1. The topological polar surface area (TPSA) is 77.2 Å². The number of aryl methyl sites for hydroxylation is 1. The first-order valence-corrected chi connectivity index (χ1v) is 10.1. The van der Waals surface area contributed by atoms with Crippen LogP contribution in [0.5, 0.6) is 5.75 Å². The van der Waals surface area contributed by atoms with E-state index < -0.39 is 0 Å². The number of para-hydroxylation sites is 1. The molecule has 0 aliphatic rings. The van der Waals surface area contributed by atoms with E-state index in [0.29, 0.717) is 23.5 Å². The summed E-state index contributed by atoms with van der Waals surface area (Å²) in [6, 6.07) is 15.3. The van der Waals surface area contributed by atoms with E-state index in [2.05, 4.69) is 22.4 Å². The monoisotopic (exact) mass is 397 g/mol. The third kappa shape index (κ3) is 4.92. The van der Waals surface area contributed by atoms with Gasteiger partial charge in [-0.2, -0.15) is 0 Å². The Kier molecular flexibility index (Phi) is 6.71. The van der Waals surface area contributed by atoms with E-state index in [9.17, 15) is 4.79 Å². The second-order valence-corrected chi connectivity index (χ2v) is 7.39. The minimum atomic E-state index is -0.388. The molecule has 6 nitrogen and oxygen atoms in total. The van der Waals surface area contributed by atoms with Crippen molar-refractivity contribution in [3.05, 3.63) is 54.1 Å². The number of carbonyl (C=O) groups excluding carboxylic acids is 1. The molecular weight excluding hydrogens is 374 g/mol. The van der Waals surface area contributed by atoms with E-state index in [4.69, 9.17) is 9.15 Å². The Balaban J connectivity index is 1.64. The molecule has 0 fully saturated rings. The highest BCUT2D eigenvalue weighted by atomic mass is 32.2. The molecule has 2 aromatic carbocycles. The van der Waals surface area contributed by atoms with Crippen LogP contribution in [0.3, 0.4) is 0 Å². The lowest BCUT2D eigenvalue weighted by molar-refractivity contribution is -0.115. The predicted molar refractivity (Wildman–Crippen MR) is 111 cm³/mol. The van der Waals surface area contributed by atoms with Gasteiger partial charge in [-0.1, -0.05) is 43.0 Å². The van der Waals surface area contributed by atoms with Gasteiger partial charge in [0.2, 0.25) is 5.91 Å². The zero-order chi connectivity index (χ0) is 19.9. The molecule has 3 aromatic rings. The molecule has 0 bridgehead atoms. The molecule has 0 aliphatic heterocycles. The van der Waals surface area contributed by atoms with Crippen LogP contribution >= 0.6 is 11.8 Å². The number of benzene rings is 2. The largest absolute Gasteiger partial charge is 0.493 e. The molecule has 1 amide bonds. The number of anilines is 1. The summed E-state index contributed by atoms with van der Waals surface area (Å²) >= 11 is 1.22. The molecule has 3 rings (SSSR count). The first-order valence-electron chi connectivity index (χ1n) is 9.22. The Morgan fingerprint density at radius 3 is 2.61 bits per heavy atom. The van der Waals surface area contributed by atoms with Crippen molar-refractivity contribution < 1.29 is 13.9 Å². The summed E-state index contributed by atoms with van der Waals surface area (Å²) in [6.07, 6.45) is 0.965. The molecule has 0 aliphatic carbocycles. The van der Waals surface area contributed by atoms with Gasteiger partial charge in [0.05, 0.1) is 17.4 Å². The van der Waals surface area contributed by atoms with E-state index in [1.807, 2.05) is 55.5 Å². The van der Waals surface area contributed by atoms with E-state index in [1.54, 1.807) is 6.92 Å². The Bertz CT molecular complexity index is 925. The molecule has 1 unspecified atom stereocenters. The molecular formula is C21H23N3O3S. The first kappa shape index (κ1) is 19.9. The van der Waals surface area contributed by atoms with Crippen molar-refractivity contribution in [3.8, 4) is 17.2 Å². The van der Waals surface area contributed by atoms with Crippen LogP contribution in [0.1, 0.15) is 26.3 Å². The van der Waals surface area contributed by atoms with Crippen LogP contribution in [0.25, 0.3) is 11.5 Å². The highest BCUT2D eigenvalue weighted by molar-refractivity contribution is 8.00. The van der Waals surface area contributed by atoms with Crippen LogP contribution in [-0.2, 0) is 11.2 Å². The summed E-state index contributed by atoms with van der Waals surface area (Å²) in [5.74, 6) is 0.935. The van der Waals surface area contributed by atoms with Crippen LogP contribution in [0.2, 0.25) is 0 Å². The highest BCUT2D eigenvalue weighted by Crippen LogP contribution is 2.32. The van der Waals surface area contributed by atoms with Gasteiger partial charge in [0.25, 0.3) is 11.1 Å². The molecule has 1 N–H and O–H groups in total. The van der Waals surface area contributed by atoms with Crippen LogP contribution in [-0.4, -0.2) is 28.0 Å².